The quantitative estimate of drug-likeness (QED) is 0.769. The molecule has 23 heavy (non-hydrogen) atoms. The predicted octanol–water partition coefficient (Wildman–Crippen LogP) is 3.36. The lowest BCUT2D eigenvalue weighted by Crippen LogP contribution is -2.14. The van der Waals surface area contributed by atoms with Crippen molar-refractivity contribution in [1.29, 1.82) is 0 Å². The highest BCUT2D eigenvalue weighted by Crippen LogP contribution is 2.24. The number of ether oxygens (including phenoxy) is 2. The average molecular weight is 313 g/mol. The van der Waals surface area contributed by atoms with Crippen LogP contribution in [0.4, 0.5) is 10.5 Å². The van der Waals surface area contributed by atoms with Crippen LogP contribution in [-0.2, 0) is 11.3 Å². The normalized spacial score (nSPS) is 10.5. The van der Waals surface area contributed by atoms with Crippen molar-refractivity contribution in [2.75, 3.05) is 18.5 Å². The van der Waals surface area contributed by atoms with E-state index in [9.17, 15) is 4.79 Å². The van der Waals surface area contributed by atoms with Crippen molar-refractivity contribution in [3.8, 4) is 5.75 Å². The Balaban J connectivity index is 1.88. The lowest BCUT2D eigenvalue weighted by atomic mass is 10.2. The largest absolute Gasteiger partial charge is 0.487 e. The molecule has 0 saturated heterocycles. The summed E-state index contributed by atoms with van der Waals surface area (Å²) < 4.78 is 10.7. The molecule has 2 N–H and O–H groups in total. The second-order valence-electron chi connectivity index (χ2n) is 4.65. The van der Waals surface area contributed by atoms with Crippen LogP contribution in [0.1, 0.15) is 5.56 Å². The molecular weight excluding hydrogens is 294 g/mol. The Hall–Kier alpha value is -2.79. The third-order valence-electron chi connectivity index (χ3n) is 2.94. The number of aliphatic hydroxyl groups is 1. The van der Waals surface area contributed by atoms with Gasteiger partial charge in [0.1, 0.15) is 19.0 Å². The summed E-state index contributed by atoms with van der Waals surface area (Å²) >= 11 is 0. The number of anilines is 1. The molecule has 0 atom stereocenters. The first-order valence-corrected chi connectivity index (χ1v) is 7.25. The van der Waals surface area contributed by atoms with Crippen molar-refractivity contribution in [2.45, 2.75) is 6.61 Å². The number of carbonyl (C=O) groups is 1. The van der Waals surface area contributed by atoms with Crippen LogP contribution in [0.5, 0.6) is 5.75 Å². The van der Waals surface area contributed by atoms with E-state index in [2.05, 4.69) is 5.32 Å². The van der Waals surface area contributed by atoms with Crippen molar-refractivity contribution in [3.63, 3.8) is 0 Å². The smallest absolute Gasteiger partial charge is 0.412 e. The lowest BCUT2D eigenvalue weighted by molar-refractivity contribution is 0.155. The first-order chi connectivity index (χ1) is 11.3. The van der Waals surface area contributed by atoms with Crippen LogP contribution in [0.25, 0.3) is 0 Å². The summed E-state index contributed by atoms with van der Waals surface area (Å²) in [5, 5.41) is 11.3. The van der Waals surface area contributed by atoms with Gasteiger partial charge in [0.05, 0.1) is 12.3 Å². The van der Waals surface area contributed by atoms with E-state index < -0.39 is 6.09 Å². The van der Waals surface area contributed by atoms with E-state index in [0.29, 0.717) is 18.0 Å². The molecule has 0 aliphatic rings. The van der Waals surface area contributed by atoms with Crippen molar-refractivity contribution < 1.29 is 19.4 Å². The van der Waals surface area contributed by atoms with Gasteiger partial charge in [-0.05, 0) is 23.8 Å². The van der Waals surface area contributed by atoms with Crippen LogP contribution in [0.15, 0.2) is 66.7 Å². The number of amides is 1. The van der Waals surface area contributed by atoms with E-state index >= 15 is 0 Å². The van der Waals surface area contributed by atoms with Crippen LogP contribution < -0.4 is 10.1 Å². The van der Waals surface area contributed by atoms with Gasteiger partial charge in [0, 0.05) is 0 Å². The van der Waals surface area contributed by atoms with E-state index in [1.54, 1.807) is 30.4 Å². The molecule has 0 spiro atoms. The van der Waals surface area contributed by atoms with E-state index in [1.807, 2.05) is 36.4 Å². The summed E-state index contributed by atoms with van der Waals surface area (Å²) in [6.45, 7) is 0.475. The highest BCUT2D eigenvalue weighted by atomic mass is 16.5. The standard InChI is InChI=1S/C18H19NO4/c20-12-6-7-13-22-17-11-5-4-10-16(17)19-18(21)23-14-15-8-2-1-3-9-15/h1-11,20H,12-14H2,(H,19,21)/b7-6-. The summed E-state index contributed by atoms with van der Waals surface area (Å²) in [6.07, 6.45) is 2.74. The van der Waals surface area contributed by atoms with Crippen LogP contribution in [0.2, 0.25) is 0 Å². The molecule has 0 heterocycles. The van der Waals surface area contributed by atoms with Gasteiger partial charge in [-0.2, -0.15) is 0 Å². The zero-order chi connectivity index (χ0) is 16.3. The zero-order valence-corrected chi connectivity index (χ0v) is 12.6. The molecule has 0 aliphatic heterocycles. The minimum atomic E-state index is -0.546. The molecule has 0 bridgehead atoms. The molecule has 0 saturated carbocycles. The highest BCUT2D eigenvalue weighted by Gasteiger charge is 2.08. The van der Waals surface area contributed by atoms with Crippen molar-refractivity contribution in [3.05, 3.63) is 72.3 Å². The van der Waals surface area contributed by atoms with Crippen molar-refractivity contribution >= 4 is 11.8 Å². The van der Waals surface area contributed by atoms with Crippen molar-refractivity contribution in [1.82, 2.24) is 0 Å². The minimum absolute atomic E-state index is 0.0327. The van der Waals surface area contributed by atoms with Gasteiger partial charge < -0.3 is 14.6 Å². The number of hydrogen-bond donors (Lipinski definition) is 2. The van der Waals surface area contributed by atoms with Crippen LogP contribution in [0, 0.1) is 0 Å². The monoisotopic (exact) mass is 313 g/mol. The number of aliphatic hydroxyl groups excluding tert-OH is 1. The van der Waals surface area contributed by atoms with Gasteiger partial charge in [-0.1, -0.05) is 48.5 Å². The zero-order valence-electron chi connectivity index (χ0n) is 12.6. The second kappa shape index (κ2) is 9.27. The van der Waals surface area contributed by atoms with Crippen LogP contribution in [0.3, 0.4) is 0 Å². The second-order valence-corrected chi connectivity index (χ2v) is 4.65. The van der Waals surface area contributed by atoms with Gasteiger partial charge in [0.2, 0.25) is 0 Å². The van der Waals surface area contributed by atoms with Gasteiger partial charge >= 0.3 is 6.09 Å². The maximum atomic E-state index is 11.9. The Morgan fingerprint density at radius 2 is 1.78 bits per heavy atom. The van der Waals surface area contributed by atoms with Gasteiger partial charge in [0.15, 0.2) is 0 Å². The number of carbonyl (C=O) groups excluding carboxylic acids is 1. The molecule has 0 fully saturated rings. The number of para-hydroxylation sites is 2. The maximum absolute atomic E-state index is 11.9. The number of rotatable bonds is 7. The fourth-order valence-electron chi connectivity index (χ4n) is 1.85. The molecule has 2 aromatic rings. The predicted molar refractivity (Wildman–Crippen MR) is 88.4 cm³/mol. The molecule has 5 heteroatoms. The molecule has 2 rings (SSSR count). The molecule has 0 unspecified atom stereocenters. The average Bonchev–Trinajstić information content (AvgIpc) is 2.59. The Bertz CT molecular complexity index is 640. The Morgan fingerprint density at radius 3 is 2.57 bits per heavy atom. The van der Waals surface area contributed by atoms with Crippen LogP contribution >= 0.6 is 0 Å². The summed E-state index contributed by atoms with van der Waals surface area (Å²) in [5.74, 6) is 0.534. The molecule has 120 valence electrons. The molecule has 5 nitrogen and oxygen atoms in total. The molecule has 0 aromatic heterocycles. The first-order valence-electron chi connectivity index (χ1n) is 7.25. The highest BCUT2D eigenvalue weighted by molar-refractivity contribution is 5.86. The van der Waals surface area contributed by atoms with Gasteiger partial charge in [-0.3, -0.25) is 5.32 Å². The third-order valence-corrected chi connectivity index (χ3v) is 2.94. The Kier molecular flexibility index (Phi) is 6.68. The number of hydrogen-bond acceptors (Lipinski definition) is 4. The summed E-state index contributed by atoms with van der Waals surface area (Å²) in [4.78, 5) is 11.9. The van der Waals surface area contributed by atoms with Gasteiger partial charge in [-0.15, -0.1) is 0 Å². The number of benzene rings is 2. The maximum Gasteiger partial charge on any atom is 0.412 e. The molecule has 2 aromatic carbocycles. The fourth-order valence-corrected chi connectivity index (χ4v) is 1.85. The first kappa shape index (κ1) is 16.6. The van der Waals surface area contributed by atoms with Gasteiger partial charge in [0.25, 0.3) is 0 Å². The van der Waals surface area contributed by atoms with E-state index in [4.69, 9.17) is 14.6 Å². The molecule has 1 amide bonds. The van der Waals surface area contributed by atoms with Gasteiger partial charge in [-0.25, -0.2) is 4.79 Å². The van der Waals surface area contributed by atoms with Crippen molar-refractivity contribution in [2.24, 2.45) is 0 Å². The third kappa shape index (κ3) is 5.84. The number of nitrogens with one attached hydrogen (secondary N) is 1. The van der Waals surface area contributed by atoms with E-state index in [1.165, 1.54) is 0 Å². The Labute approximate surface area is 135 Å². The summed E-state index contributed by atoms with van der Waals surface area (Å²) in [6, 6.07) is 16.5. The summed E-state index contributed by atoms with van der Waals surface area (Å²) in [7, 11) is 0. The van der Waals surface area contributed by atoms with Crippen LogP contribution in [-0.4, -0.2) is 24.4 Å². The lowest BCUT2D eigenvalue weighted by Gasteiger charge is -2.11. The minimum Gasteiger partial charge on any atom is -0.487 e. The topological polar surface area (TPSA) is 67.8 Å². The van der Waals surface area contributed by atoms with E-state index in [0.717, 1.165) is 5.56 Å². The molecular formula is C18H19NO4. The van der Waals surface area contributed by atoms with E-state index in [-0.39, 0.29) is 13.2 Å². The summed E-state index contributed by atoms with van der Waals surface area (Å²) in [5.41, 5.74) is 1.45. The Morgan fingerprint density at radius 1 is 1.04 bits per heavy atom. The SMILES string of the molecule is O=C(Nc1ccccc1OC/C=C\CO)OCc1ccccc1. The fraction of sp³-hybridized carbons (Fsp3) is 0.167. The molecule has 0 radical (unpaired) electrons. The molecule has 0 aliphatic carbocycles.